The first-order valence-electron chi connectivity index (χ1n) is 11.3. The lowest BCUT2D eigenvalue weighted by atomic mass is 9.75. The summed E-state index contributed by atoms with van der Waals surface area (Å²) >= 11 is 6.30. The van der Waals surface area contributed by atoms with E-state index in [1.807, 2.05) is 26.0 Å². The van der Waals surface area contributed by atoms with Gasteiger partial charge in [-0.2, -0.15) is 4.98 Å². The number of amides is 1. The van der Waals surface area contributed by atoms with Crippen molar-refractivity contribution in [3.8, 4) is 28.7 Å². The van der Waals surface area contributed by atoms with Crippen LogP contribution in [0.5, 0.6) is 5.88 Å². The maximum absolute atomic E-state index is 11.7. The molecule has 1 aliphatic rings. The van der Waals surface area contributed by atoms with Crippen LogP contribution in [0.25, 0.3) is 22.8 Å². The molecule has 1 unspecified atom stereocenters. The molecule has 0 aliphatic carbocycles. The quantitative estimate of drug-likeness (QED) is 0.491. The Kier molecular flexibility index (Phi) is 6.53. The highest BCUT2D eigenvalue weighted by molar-refractivity contribution is 6.32. The SMILES string of the molecule is CC(C)Oc1ncc(-c2nc(-c3ccc4c(c3)CCN(C(=O)O)CC4C(C)(C)C)no2)cc1Cl. The molecule has 0 spiro atoms. The van der Waals surface area contributed by atoms with Gasteiger partial charge in [0.25, 0.3) is 5.89 Å². The second-order valence-corrected chi connectivity index (χ2v) is 10.3. The first kappa shape index (κ1) is 24.0. The van der Waals surface area contributed by atoms with E-state index in [0.717, 1.165) is 11.1 Å². The Balaban J connectivity index is 1.64. The van der Waals surface area contributed by atoms with Crippen LogP contribution in [0, 0.1) is 5.41 Å². The van der Waals surface area contributed by atoms with Crippen LogP contribution >= 0.6 is 11.6 Å². The first-order chi connectivity index (χ1) is 16.0. The summed E-state index contributed by atoms with van der Waals surface area (Å²) in [6, 6.07) is 7.76. The third kappa shape index (κ3) is 5.01. The minimum atomic E-state index is -0.887. The second-order valence-electron chi connectivity index (χ2n) is 9.91. The van der Waals surface area contributed by atoms with Gasteiger partial charge in [-0.3, -0.25) is 0 Å². The lowest BCUT2D eigenvalue weighted by Crippen LogP contribution is -2.36. The Labute approximate surface area is 203 Å². The Bertz CT molecular complexity index is 1200. The van der Waals surface area contributed by atoms with E-state index in [9.17, 15) is 9.90 Å². The Morgan fingerprint density at radius 1 is 1.26 bits per heavy atom. The van der Waals surface area contributed by atoms with Gasteiger partial charge in [-0.15, -0.1) is 0 Å². The maximum atomic E-state index is 11.7. The fourth-order valence-corrected chi connectivity index (χ4v) is 4.40. The predicted octanol–water partition coefficient (Wildman–Crippen LogP) is 5.91. The van der Waals surface area contributed by atoms with E-state index in [-0.39, 0.29) is 17.4 Å². The molecule has 1 N–H and O–H groups in total. The molecule has 1 atom stereocenters. The van der Waals surface area contributed by atoms with Gasteiger partial charge in [0.05, 0.1) is 11.7 Å². The number of aromatic nitrogens is 3. The standard InChI is InChI=1S/C25H29ClN4O4/c1-14(2)33-23-20(26)11-17(12-27-23)22-28-21(29-34-22)16-6-7-18-15(10-16)8-9-30(24(31)32)13-19(18)25(3,4)5/h6-7,10-12,14,19H,8-9,13H2,1-5H3,(H,31,32). The van der Waals surface area contributed by atoms with Crippen LogP contribution in [0.15, 0.2) is 35.0 Å². The maximum Gasteiger partial charge on any atom is 0.407 e. The molecule has 0 saturated carbocycles. The fourth-order valence-electron chi connectivity index (χ4n) is 4.19. The number of ether oxygens (including phenoxy) is 1. The smallest absolute Gasteiger partial charge is 0.407 e. The average molecular weight is 485 g/mol. The minimum absolute atomic E-state index is 0.0421. The van der Waals surface area contributed by atoms with Gasteiger partial charge in [0.2, 0.25) is 11.7 Å². The number of fused-ring (bicyclic) bond motifs is 1. The van der Waals surface area contributed by atoms with E-state index < -0.39 is 6.09 Å². The number of pyridine rings is 1. The summed E-state index contributed by atoms with van der Waals surface area (Å²) in [6.45, 7) is 11.2. The molecule has 3 heterocycles. The summed E-state index contributed by atoms with van der Waals surface area (Å²) in [4.78, 5) is 22.0. The van der Waals surface area contributed by atoms with E-state index in [2.05, 4.69) is 42.0 Å². The number of carboxylic acid groups (broad SMARTS) is 1. The van der Waals surface area contributed by atoms with Crippen molar-refractivity contribution in [1.29, 1.82) is 0 Å². The van der Waals surface area contributed by atoms with Gasteiger partial charge in [-0.1, -0.05) is 49.7 Å². The third-order valence-electron chi connectivity index (χ3n) is 5.97. The highest BCUT2D eigenvalue weighted by Gasteiger charge is 2.33. The molecule has 1 aliphatic heterocycles. The zero-order chi connectivity index (χ0) is 24.6. The number of halogens is 1. The van der Waals surface area contributed by atoms with Crippen molar-refractivity contribution in [1.82, 2.24) is 20.0 Å². The van der Waals surface area contributed by atoms with E-state index >= 15 is 0 Å². The molecular weight excluding hydrogens is 456 g/mol. The van der Waals surface area contributed by atoms with Crippen molar-refractivity contribution in [3.05, 3.63) is 46.6 Å². The van der Waals surface area contributed by atoms with E-state index in [0.29, 0.717) is 47.7 Å². The number of nitrogens with zero attached hydrogens (tertiary/aromatic N) is 4. The van der Waals surface area contributed by atoms with Crippen molar-refractivity contribution in [2.75, 3.05) is 13.1 Å². The molecule has 3 aromatic rings. The largest absolute Gasteiger partial charge is 0.474 e. The van der Waals surface area contributed by atoms with Gasteiger partial charge in [-0.25, -0.2) is 9.78 Å². The number of hydrogen-bond acceptors (Lipinski definition) is 6. The Morgan fingerprint density at radius 3 is 2.68 bits per heavy atom. The van der Waals surface area contributed by atoms with Gasteiger partial charge in [0, 0.05) is 30.8 Å². The van der Waals surface area contributed by atoms with Crippen molar-refractivity contribution in [3.63, 3.8) is 0 Å². The second kappa shape index (κ2) is 9.25. The molecule has 180 valence electrons. The van der Waals surface area contributed by atoms with Crippen molar-refractivity contribution in [2.45, 2.75) is 53.1 Å². The van der Waals surface area contributed by atoms with Gasteiger partial charge >= 0.3 is 6.09 Å². The lowest BCUT2D eigenvalue weighted by Gasteiger charge is -2.33. The molecule has 1 amide bonds. The Morgan fingerprint density at radius 2 is 2.03 bits per heavy atom. The van der Waals surface area contributed by atoms with Gasteiger partial charge in [0.1, 0.15) is 5.02 Å². The molecule has 8 nitrogen and oxygen atoms in total. The van der Waals surface area contributed by atoms with E-state index in [1.165, 1.54) is 10.5 Å². The summed E-state index contributed by atoms with van der Waals surface area (Å²) in [5.41, 5.74) is 3.59. The summed E-state index contributed by atoms with van der Waals surface area (Å²) in [5, 5.41) is 14.1. The van der Waals surface area contributed by atoms with Crippen LogP contribution in [0.1, 0.15) is 51.7 Å². The number of rotatable bonds is 4. The molecule has 2 aromatic heterocycles. The highest BCUT2D eigenvalue weighted by Crippen LogP contribution is 2.40. The zero-order valence-electron chi connectivity index (χ0n) is 20.0. The minimum Gasteiger partial charge on any atom is -0.474 e. The molecule has 0 radical (unpaired) electrons. The third-order valence-corrected chi connectivity index (χ3v) is 6.25. The van der Waals surface area contributed by atoms with Crippen LogP contribution in [0.4, 0.5) is 4.79 Å². The molecule has 0 fully saturated rings. The lowest BCUT2D eigenvalue weighted by molar-refractivity contribution is 0.135. The highest BCUT2D eigenvalue weighted by atomic mass is 35.5. The van der Waals surface area contributed by atoms with Crippen LogP contribution < -0.4 is 4.74 Å². The fraction of sp³-hybridized carbons (Fsp3) is 0.440. The van der Waals surface area contributed by atoms with Gasteiger partial charge in [-0.05, 0) is 48.9 Å². The van der Waals surface area contributed by atoms with Gasteiger partial charge in [0.15, 0.2) is 0 Å². The average Bonchev–Trinajstić information content (AvgIpc) is 3.15. The summed E-state index contributed by atoms with van der Waals surface area (Å²) in [6.07, 6.45) is 1.29. The van der Waals surface area contributed by atoms with Crippen molar-refractivity contribution < 1.29 is 19.2 Å². The topological polar surface area (TPSA) is 102 Å². The number of carbonyl (C=O) groups is 1. The Hall–Kier alpha value is -3.13. The van der Waals surface area contributed by atoms with Crippen LogP contribution in [-0.4, -0.2) is 50.4 Å². The monoisotopic (exact) mass is 484 g/mol. The zero-order valence-corrected chi connectivity index (χ0v) is 20.8. The van der Waals surface area contributed by atoms with Crippen LogP contribution in [0.3, 0.4) is 0 Å². The summed E-state index contributed by atoms with van der Waals surface area (Å²) in [7, 11) is 0. The number of benzene rings is 1. The molecule has 4 rings (SSSR count). The number of hydrogen-bond donors (Lipinski definition) is 1. The molecule has 0 bridgehead atoms. The molecule has 34 heavy (non-hydrogen) atoms. The molecule has 9 heteroatoms. The van der Waals surface area contributed by atoms with E-state index in [4.69, 9.17) is 20.9 Å². The van der Waals surface area contributed by atoms with Crippen LogP contribution in [0.2, 0.25) is 5.02 Å². The molecular formula is C25H29ClN4O4. The predicted molar refractivity (Wildman–Crippen MR) is 129 cm³/mol. The normalized spacial score (nSPS) is 16.3. The summed E-state index contributed by atoms with van der Waals surface area (Å²) < 4.78 is 11.1. The van der Waals surface area contributed by atoms with Crippen molar-refractivity contribution >= 4 is 17.7 Å². The molecule has 1 aromatic carbocycles. The van der Waals surface area contributed by atoms with Crippen molar-refractivity contribution in [2.24, 2.45) is 5.41 Å². The van der Waals surface area contributed by atoms with Gasteiger partial charge < -0.3 is 19.3 Å². The molecule has 0 saturated heterocycles. The van der Waals surface area contributed by atoms with E-state index in [1.54, 1.807) is 12.3 Å². The summed E-state index contributed by atoms with van der Waals surface area (Å²) in [5.74, 6) is 1.19. The van der Waals surface area contributed by atoms with Crippen LogP contribution in [-0.2, 0) is 6.42 Å². The first-order valence-corrected chi connectivity index (χ1v) is 11.7.